The van der Waals surface area contributed by atoms with Crippen molar-refractivity contribution in [3.05, 3.63) is 18.2 Å². The van der Waals surface area contributed by atoms with Gasteiger partial charge in [-0.1, -0.05) is 0 Å². The molecule has 4 heteroatoms. The van der Waals surface area contributed by atoms with Crippen LogP contribution >= 0.6 is 0 Å². The third-order valence-corrected chi connectivity index (χ3v) is 6.13. The molecule has 0 atom stereocenters. The molecule has 4 saturated carbocycles. The summed E-state index contributed by atoms with van der Waals surface area (Å²) in [6.45, 7) is 0. The largest absolute Gasteiger partial charge is 0.497 e. The van der Waals surface area contributed by atoms with Gasteiger partial charge in [0.1, 0.15) is 11.5 Å². The molecule has 0 saturated heterocycles. The average molecular weight is 315 g/mol. The first-order chi connectivity index (χ1) is 11.1. The van der Waals surface area contributed by atoms with Gasteiger partial charge in [-0.05, 0) is 56.3 Å². The minimum absolute atomic E-state index is 0.134. The Morgan fingerprint density at radius 2 is 1.43 bits per heavy atom. The maximum absolute atomic E-state index is 13.1. The summed E-state index contributed by atoms with van der Waals surface area (Å²) < 4.78 is 10.6. The smallest absolute Gasteiger partial charge is 0.230 e. The lowest BCUT2D eigenvalue weighted by Gasteiger charge is -2.55. The molecule has 0 unspecified atom stereocenters. The maximum Gasteiger partial charge on any atom is 0.230 e. The van der Waals surface area contributed by atoms with Crippen molar-refractivity contribution in [3.8, 4) is 11.5 Å². The van der Waals surface area contributed by atoms with Gasteiger partial charge in [-0.25, -0.2) is 0 Å². The number of hydrogen-bond acceptors (Lipinski definition) is 3. The number of rotatable bonds is 4. The van der Waals surface area contributed by atoms with Crippen LogP contribution in [-0.4, -0.2) is 20.1 Å². The van der Waals surface area contributed by atoms with Crippen LogP contribution in [0.5, 0.6) is 11.5 Å². The van der Waals surface area contributed by atoms with E-state index in [2.05, 4.69) is 5.32 Å². The Morgan fingerprint density at radius 1 is 0.957 bits per heavy atom. The van der Waals surface area contributed by atoms with Crippen LogP contribution in [0.3, 0.4) is 0 Å². The van der Waals surface area contributed by atoms with Crippen LogP contribution in [0.4, 0.5) is 5.69 Å². The predicted molar refractivity (Wildman–Crippen MR) is 88.8 cm³/mol. The van der Waals surface area contributed by atoms with Crippen molar-refractivity contribution < 1.29 is 14.3 Å². The van der Waals surface area contributed by atoms with Crippen LogP contribution in [0, 0.1) is 23.2 Å². The van der Waals surface area contributed by atoms with Gasteiger partial charge in [0.15, 0.2) is 0 Å². The number of carbonyl (C=O) groups excluding carboxylic acids is 1. The Hall–Kier alpha value is -1.71. The molecule has 4 bridgehead atoms. The summed E-state index contributed by atoms with van der Waals surface area (Å²) in [4.78, 5) is 13.1. The van der Waals surface area contributed by atoms with E-state index in [4.69, 9.17) is 9.47 Å². The summed E-state index contributed by atoms with van der Waals surface area (Å²) in [7, 11) is 3.25. The van der Waals surface area contributed by atoms with Gasteiger partial charge in [-0.3, -0.25) is 4.79 Å². The fraction of sp³-hybridized carbons (Fsp3) is 0.632. The number of ether oxygens (including phenoxy) is 2. The third-order valence-electron chi connectivity index (χ3n) is 6.13. The SMILES string of the molecule is COc1cc(NC(=O)C23CC4CC(CC(C4)C2)C3)cc(OC)c1. The van der Waals surface area contributed by atoms with Crippen molar-refractivity contribution in [2.24, 2.45) is 23.2 Å². The third kappa shape index (κ3) is 2.58. The zero-order valence-corrected chi connectivity index (χ0v) is 13.9. The first kappa shape index (κ1) is 14.9. The molecule has 23 heavy (non-hydrogen) atoms. The topological polar surface area (TPSA) is 47.6 Å². The van der Waals surface area contributed by atoms with Crippen molar-refractivity contribution in [3.63, 3.8) is 0 Å². The normalized spacial score (nSPS) is 34.3. The fourth-order valence-electron chi connectivity index (χ4n) is 5.53. The number of carbonyl (C=O) groups is 1. The molecule has 4 aliphatic carbocycles. The second-order valence-electron chi connectivity index (χ2n) is 7.75. The van der Waals surface area contributed by atoms with E-state index in [1.54, 1.807) is 14.2 Å². The molecule has 0 aromatic heterocycles. The van der Waals surface area contributed by atoms with Gasteiger partial charge in [0.25, 0.3) is 0 Å². The highest BCUT2D eigenvalue weighted by molar-refractivity contribution is 5.96. The zero-order valence-electron chi connectivity index (χ0n) is 13.9. The molecule has 0 radical (unpaired) electrons. The number of hydrogen-bond donors (Lipinski definition) is 1. The van der Waals surface area contributed by atoms with E-state index >= 15 is 0 Å². The van der Waals surface area contributed by atoms with E-state index in [0.29, 0.717) is 11.5 Å². The second kappa shape index (κ2) is 5.43. The second-order valence-corrected chi connectivity index (χ2v) is 7.75. The zero-order chi connectivity index (χ0) is 16.0. The van der Waals surface area contributed by atoms with Crippen LogP contribution in [0.2, 0.25) is 0 Å². The summed E-state index contributed by atoms with van der Waals surface area (Å²) in [6.07, 6.45) is 7.27. The number of anilines is 1. The minimum Gasteiger partial charge on any atom is -0.497 e. The van der Waals surface area contributed by atoms with Crippen LogP contribution in [0.15, 0.2) is 18.2 Å². The summed E-state index contributed by atoms with van der Waals surface area (Å²) in [5.74, 6) is 3.91. The number of nitrogens with one attached hydrogen (secondary N) is 1. The number of methoxy groups -OCH3 is 2. The van der Waals surface area contributed by atoms with Gasteiger partial charge in [0, 0.05) is 23.9 Å². The van der Waals surface area contributed by atoms with Gasteiger partial charge in [0.05, 0.1) is 19.6 Å². The quantitative estimate of drug-likeness (QED) is 0.918. The Morgan fingerprint density at radius 3 is 1.87 bits per heavy atom. The Labute approximate surface area is 137 Å². The molecule has 1 N–H and O–H groups in total. The lowest BCUT2D eigenvalue weighted by Crippen LogP contribution is -2.51. The van der Waals surface area contributed by atoms with E-state index < -0.39 is 0 Å². The highest BCUT2D eigenvalue weighted by atomic mass is 16.5. The predicted octanol–water partition coefficient (Wildman–Crippen LogP) is 3.86. The van der Waals surface area contributed by atoms with Crippen molar-refractivity contribution in [2.75, 3.05) is 19.5 Å². The van der Waals surface area contributed by atoms with Crippen molar-refractivity contribution in [1.82, 2.24) is 0 Å². The molecule has 4 fully saturated rings. The molecule has 1 amide bonds. The molecule has 1 aromatic carbocycles. The maximum atomic E-state index is 13.1. The van der Waals surface area contributed by atoms with Gasteiger partial charge >= 0.3 is 0 Å². The van der Waals surface area contributed by atoms with E-state index in [1.807, 2.05) is 18.2 Å². The Bertz CT molecular complexity index is 568. The molecule has 0 spiro atoms. The van der Waals surface area contributed by atoms with E-state index in [1.165, 1.54) is 19.3 Å². The Balaban J connectivity index is 1.56. The lowest BCUT2D eigenvalue weighted by molar-refractivity contribution is -0.140. The molecule has 124 valence electrons. The van der Waals surface area contributed by atoms with Crippen molar-refractivity contribution in [1.29, 1.82) is 0 Å². The van der Waals surface area contributed by atoms with E-state index in [9.17, 15) is 4.79 Å². The van der Waals surface area contributed by atoms with Crippen LogP contribution < -0.4 is 14.8 Å². The van der Waals surface area contributed by atoms with Crippen molar-refractivity contribution >= 4 is 11.6 Å². The molecule has 5 rings (SSSR count). The summed E-state index contributed by atoms with van der Waals surface area (Å²) in [5, 5.41) is 3.15. The summed E-state index contributed by atoms with van der Waals surface area (Å²) >= 11 is 0. The Kier molecular flexibility index (Phi) is 3.51. The molecule has 0 heterocycles. The summed E-state index contributed by atoms with van der Waals surface area (Å²) in [6, 6.07) is 5.54. The van der Waals surface area contributed by atoms with Crippen LogP contribution in [0.1, 0.15) is 38.5 Å². The molecule has 1 aromatic rings. The first-order valence-electron chi connectivity index (χ1n) is 8.65. The fourth-order valence-corrected chi connectivity index (χ4v) is 5.53. The molecule has 4 nitrogen and oxygen atoms in total. The molecule has 0 aliphatic heterocycles. The average Bonchev–Trinajstić information content (AvgIpc) is 2.53. The van der Waals surface area contributed by atoms with Gasteiger partial charge in [-0.2, -0.15) is 0 Å². The molecular weight excluding hydrogens is 290 g/mol. The van der Waals surface area contributed by atoms with Crippen LogP contribution in [-0.2, 0) is 4.79 Å². The van der Waals surface area contributed by atoms with Crippen LogP contribution in [0.25, 0.3) is 0 Å². The standard InChI is InChI=1S/C19H25NO3/c1-22-16-6-15(7-17(8-16)23-2)20-18(21)19-9-12-3-13(10-19)5-14(4-12)11-19/h6-8,12-14H,3-5,9-11H2,1-2H3,(H,20,21). The first-order valence-corrected chi connectivity index (χ1v) is 8.65. The van der Waals surface area contributed by atoms with Gasteiger partial charge in [0.2, 0.25) is 5.91 Å². The number of amides is 1. The summed E-state index contributed by atoms with van der Waals surface area (Å²) in [5.41, 5.74) is 0.632. The van der Waals surface area contributed by atoms with E-state index in [-0.39, 0.29) is 11.3 Å². The molecular formula is C19H25NO3. The van der Waals surface area contributed by atoms with Gasteiger partial charge in [-0.15, -0.1) is 0 Å². The monoisotopic (exact) mass is 315 g/mol. The highest BCUT2D eigenvalue weighted by Crippen LogP contribution is 2.60. The van der Waals surface area contributed by atoms with Gasteiger partial charge < -0.3 is 14.8 Å². The molecule has 4 aliphatic rings. The van der Waals surface area contributed by atoms with Crippen molar-refractivity contribution in [2.45, 2.75) is 38.5 Å². The minimum atomic E-state index is -0.134. The lowest BCUT2D eigenvalue weighted by atomic mass is 9.49. The van der Waals surface area contributed by atoms with E-state index in [0.717, 1.165) is 42.7 Å². The highest BCUT2D eigenvalue weighted by Gasteiger charge is 2.54. The number of benzene rings is 1.